The van der Waals surface area contributed by atoms with E-state index in [9.17, 15) is 14.9 Å². The Kier molecular flexibility index (Phi) is 5.43. The van der Waals surface area contributed by atoms with Crippen molar-refractivity contribution in [1.29, 1.82) is 0 Å². The van der Waals surface area contributed by atoms with Gasteiger partial charge in [-0.2, -0.15) is 0 Å². The van der Waals surface area contributed by atoms with Gasteiger partial charge in [-0.1, -0.05) is 36.4 Å². The number of anilines is 1. The van der Waals surface area contributed by atoms with Gasteiger partial charge in [0.2, 0.25) is 0 Å². The van der Waals surface area contributed by atoms with Crippen LogP contribution >= 0.6 is 0 Å². The number of hydrogen-bond acceptors (Lipinski definition) is 4. The number of nitrogens with one attached hydrogen (secondary N) is 1. The van der Waals surface area contributed by atoms with Crippen LogP contribution in [0.4, 0.5) is 11.4 Å². The molecule has 0 aliphatic rings. The van der Waals surface area contributed by atoms with Crippen LogP contribution in [0.5, 0.6) is 0 Å². The van der Waals surface area contributed by atoms with Crippen molar-refractivity contribution >= 4 is 17.3 Å². The minimum absolute atomic E-state index is 0.0272. The summed E-state index contributed by atoms with van der Waals surface area (Å²) in [5.41, 5.74) is 1.86. The molecule has 0 fully saturated rings. The van der Waals surface area contributed by atoms with E-state index in [4.69, 9.17) is 4.74 Å². The van der Waals surface area contributed by atoms with Crippen molar-refractivity contribution in [3.8, 4) is 0 Å². The van der Waals surface area contributed by atoms with Gasteiger partial charge < -0.3 is 10.1 Å². The Labute approximate surface area is 134 Å². The molecule has 6 nitrogen and oxygen atoms in total. The molecule has 2 rings (SSSR count). The highest BCUT2D eigenvalue weighted by Gasteiger charge is 2.16. The maximum atomic E-state index is 12.1. The SMILES string of the molecule is Cc1ccc(NC(=O)[C@@H](C)OCc2ccccc2)cc1[N+](=O)[O-]. The zero-order chi connectivity index (χ0) is 16.8. The van der Waals surface area contributed by atoms with Crippen LogP contribution in [-0.2, 0) is 16.1 Å². The van der Waals surface area contributed by atoms with Crippen LogP contribution in [0, 0.1) is 17.0 Å². The molecular formula is C17H18N2O4. The van der Waals surface area contributed by atoms with Crippen LogP contribution in [0.2, 0.25) is 0 Å². The first-order valence-electron chi connectivity index (χ1n) is 7.19. The lowest BCUT2D eigenvalue weighted by Gasteiger charge is -2.13. The fourth-order valence-electron chi connectivity index (χ4n) is 2.00. The highest BCUT2D eigenvalue weighted by atomic mass is 16.6. The van der Waals surface area contributed by atoms with Gasteiger partial charge in [-0.05, 0) is 25.5 Å². The number of rotatable bonds is 6. The van der Waals surface area contributed by atoms with Crippen LogP contribution in [-0.4, -0.2) is 16.9 Å². The van der Waals surface area contributed by atoms with Crippen molar-refractivity contribution in [2.75, 3.05) is 5.32 Å². The van der Waals surface area contributed by atoms with E-state index in [2.05, 4.69) is 5.32 Å². The van der Waals surface area contributed by atoms with Crippen LogP contribution in [0.1, 0.15) is 18.1 Å². The second-order valence-corrected chi connectivity index (χ2v) is 5.19. The summed E-state index contributed by atoms with van der Waals surface area (Å²) < 4.78 is 5.52. The average molecular weight is 314 g/mol. The number of hydrogen-bond donors (Lipinski definition) is 1. The van der Waals surface area contributed by atoms with E-state index < -0.39 is 11.0 Å². The summed E-state index contributed by atoms with van der Waals surface area (Å²) in [4.78, 5) is 22.5. The Bertz CT molecular complexity index is 701. The van der Waals surface area contributed by atoms with Gasteiger partial charge in [-0.15, -0.1) is 0 Å². The van der Waals surface area contributed by atoms with E-state index in [1.807, 2.05) is 30.3 Å². The van der Waals surface area contributed by atoms with Crippen LogP contribution in [0.25, 0.3) is 0 Å². The topological polar surface area (TPSA) is 81.5 Å². The zero-order valence-electron chi connectivity index (χ0n) is 13.0. The molecule has 0 aromatic heterocycles. The van der Waals surface area contributed by atoms with E-state index in [1.54, 1.807) is 26.0 Å². The first-order valence-corrected chi connectivity index (χ1v) is 7.19. The number of carbonyl (C=O) groups excluding carboxylic acids is 1. The van der Waals surface area contributed by atoms with Crippen molar-refractivity contribution in [3.63, 3.8) is 0 Å². The fourth-order valence-corrected chi connectivity index (χ4v) is 2.00. The van der Waals surface area contributed by atoms with Gasteiger partial charge in [0.15, 0.2) is 0 Å². The molecule has 0 saturated heterocycles. The number of ether oxygens (including phenoxy) is 1. The predicted octanol–water partition coefficient (Wildman–Crippen LogP) is 3.45. The maximum Gasteiger partial charge on any atom is 0.274 e. The molecule has 0 aliphatic heterocycles. The summed E-state index contributed by atoms with van der Waals surface area (Å²) in [5, 5.41) is 13.6. The van der Waals surface area contributed by atoms with Crippen molar-refractivity contribution < 1.29 is 14.5 Å². The maximum absolute atomic E-state index is 12.1. The second kappa shape index (κ2) is 7.51. The molecule has 2 aromatic rings. The third kappa shape index (κ3) is 4.62. The quantitative estimate of drug-likeness (QED) is 0.654. The van der Waals surface area contributed by atoms with Gasteiger partial charge in [0.25, 0.3) is 11.6 Å². The molecule has 1 atom stereocenters. The van der Waals surface area contributed by atoms with Crippen LogP contribution < -0.4 is 5.32 Å². The Balaban J connectivity index is 1.95. The molecule has 120 valence electrons. The average Bonchev–Trinajstić information content (AvgIpc) is 2.55. The predicted molar refractivity (Wildman–Crippen MR) is 87.2 cm³/mol. The third-order valence-corrected chi connectivity index (χ3v) is 3.39. The van der Waals surface area contributed by atoms with E-state index >= 15 is 0 Å². The molecule has 0 radical (unpaired) electrons. The molecule has 1 amide bonds. The van der Waals surface area contributed by atoms with Gasteiger partial charge in [-0.3, -0.25) is 14.9 Å². The molecule has 0 spiro atoms. The molecule has 6 heteroatoms. The zero-order valence-corrected chi connectivity index (χ0v) is 13.0. The van der Waals surface area contributed by atoms with Gasteiger partial charge in [0, 0.05) is 17.3 Å². The lowest BCUT2D eigenvalue weighted by atomic mass is 10.2. The molecule has 0 aliphatic carbocycles. The Hall–Kier alpha value is -2.73. The number of amides is 1. The third-order valence-electron chi connectivity index (χ3n) is 3.39. The molecule has 0 unspecified atom stereocenters. The summed E-state index contributed by atoms with van der Waals surface area (Å²) in [6.07, 6.45) is -0.671. The summed E-state index contributed by atoms with van der Waals surface area (Å²) in [6, 6.07) is 14.1. The number of benzene rings is 2. The van der Waals surface area contributed by atoms with E-state index in [0.29, 0.717) is 17.9 Å². The van der Waals surface area contributed by atoms with Gasteiger partial charge >= 0.3 is 0 Å². The van der Waals surface area contributed by atoms with Gasteiger partial charge in [0.1, 0.15) is 6.10 Å². The minimum Gasteiger partial charge on any atom is -0.364 e. The number of nitro groups is 1. The summed E-state index contributed by atoms with van der Waals surface area (Å²) >= 11 is 0. The number of nitrogens with zero attached hydrogens (tertiary/aromatic N) is 1. The Morgan fingerprint density at radius 1 is 1.26 bits per heavy atom. The Morgan fingerprint density at radius 3 is 2.61 bits per heavy atom. The molecule has 1 N–H and O–H groups in total. The van der Waals surface area contributed by atoms with Crippen molar-refractivity contribution in [1.82, 2.24) is 0 Å². The molecule has 0 bridgehead atoms. The molecule has 0 saturated carbocycles. The summed E-state index contributed by atoms with van der Waals surface area (Å²) in [5.74, 6) is -0.348. The van der Waals surface area contributed by atoms with E-state index in [-0.39, 0.29) is 11.6 Å². The molecule has 0 heterocycles. The van der Waals surface area contributed by atoms with Crippen LogP contribution in [0.3, 0.4) is 0 Å². The first-order chi connectivity index (χ1) is 11.0. The lowest BCUT2D eigenvalue weighted by Crippen LogP contribution is -2.27. The van der Waals surface area contributed by atoms with Crippen molar-refractivity contribution in [2.24, 2.45) is 0 Å². The van der Waals surface area contributed by atoms with Crippen LogP contribution in [0.15, 0.2) is 48.5 Å². The number of nitro benzene ring substituents is 1. The minimum atomic E-state index is -0.671. The highest BCUT2D eigenvalue weighted by molar-refractivity contribution is 5.94. The molecule has 23 heavy (non-hydrogen) atoms. The normalized spacial score (nSPS) is 11.7. The van der Waals surface area contributed by atoms with Gasteiger partial charge in [0.05, 0.1) is 11.5 Å². The van der Waals surface area contributed by atoms with Gasteiger partial charge in [-0.25, -0.2) is 0 Å². The summed E-state index contributed by atoms with van der Waals surface area (Å²) in [7, 11) is 0. The van der Waals surface area contributed by atoms with Crippen molar-refractivity contribution in [2.45, 2.75) is 26.6 Å². The highest BCUT2D eigenvalue weighted by Crippen LogP contribution is 2.22. The summed E-state index contributed by atoms with van der Waals surface area (Å²) in [6.45, 7) is 3.61. The van der Waals surface area contributed by atoms with E-state index in [0.717, 1.165) is 5.56 Å². The monoisotopic (exact) mass is 314 g/mol. The standard InChI is InChI=1S/C17H18N2O4/c1-12-8-9-15(10-16(12)19(21)22)18-17(20)13(2)23-11-14-6-4-3-5-7-14/h3-10,13H,11H2,1-2H3,(H,18,20)/t13-/m1/s1. The van der Waals surface area contributed by atoms with Crippen molar-refractivity contribution in [3.05, 3.63) is 69.8 Å². The largest absolute Gasteiger partial charge is 0.364 e. The first kappa shape index (κ1) is 16.6. The number of aryl methyl sites for hydroxylation is 1. The molecule has 2 aromatic carbocycles. The fraction of sp³-hybridized carbons (Fsp3) is 0.235. The smallest absolute Gasteiger partial charge is 0.274 e. The molecular weight excluding hydrogens is 296 g/mol. The lowest BCUT2D eigenvalue weighted by molar-refractivity contribution is -0.385. The second-order valence-electron chi connectivity index (χ2n) is 5.19. The Morgan fingerprint density at radius 2 is 1.96 bits per heavy atom. The number of carbonyl (C=O) groups is 1. The van der Waals surface area contributed by atoms with E-state index in [1.165, 1.54) is 6.07 Å².